The molecular weight excluding hydrogens is 464 g/mol. The first-order valence-corrected chi connectivity index (χ1v) is 11.8. The number of amides is 3. The molecule has 0 bridgehead atoms. The summed E-state index contributed by atoms with van der Waals surface area (Å²) in [6.07, 6.45) is 5.03. The van der Waals surface area contributed by atoms with Crippen molar-refractivity contribution in [3.63, 3.8) is 0 Å². The van der Waals surface area contributed by atoms with Gasteiger partial charge in [-0.3, -0.25) is 14.4 Å². The van der Waals surface area contributed by atoms with Gasteiger partial charge in [0.25, 0.3) is 0 Å². The van der Waals surface area contributed by atoms with Crippen LogP contribution in [0.15, 0.2) is 49.6 Å². The number of carbonyl (C=O) groups is 4. The highest BCUT2D eigenvalue weighted by Crippen LogP contribution is 2.14. The fourth-order valence-electron chi connectivity index (χ4n) is 3.40. The van der Waals surface area contributed by atoms with Crippen LogP contribution >= 0.6 is 0 Å². The molecule has 0 aliphatic rings. The Bertz CT molecular complexity index is 887. The zero-order valence-electron chi connectivity index (χ0n) is 21.1. The Morgan fingerprint density at radius 1 is 0.944 bits per heavy atom. The van der Waals surface area contributed by atoms with Gasteiger partial charge in [0.15, 0.2) is 0 Å². The molecule has 0 unspecified atom stereocenters. The number of esters is 1. The molecule has 0 aromatic heterocycles. The predicted octanol–water partition coefficient (Wildman–Crippen LogP) is 1.15. The SMILES string of the molecule is C=CCOc1ccc(C[C@H](NC(C)=O)C(=O)N[C@H](CCCCN)C(=O)N[C@@H](CC=C)C(=O)OC)cc1. The van der Waals surface area contributed by atoms with E-state index in [9.17, 15) is 19.2 Å². The van der Waals surface area contributed by atoms with Crippen LogP contribution < -0.4 is 26.4 Å². The topological polar surface area (TPSA) is 149 Å². The van der Waals surface area contributed by atoms with Crippen molar-refractivity contribution in [1.29, 1.82) is 0 Å². The molecule has 0 radical (unpaired) electrons. The maximum Gasteiger partial charge on any atom is 0.328 e. The van der Waals surface area contributed by atoms with Gasteiger partial charge in [0.1, 0.15) is 30.5 Å². The lowest BCUT2D eigenvalue weighted by atomic mass is 10.0. The predicted molar refractivity (Wildman–Crippen MR) is 137 cm³/mol. The number of ether oxygens (including phenoxy) is 2. The van der Waals surface area contributed by atoms with Crippen molar-refractivity contribution >= 4 is 23.7 Å². The number of unbranched alkanes of at least 4 members (excludes halogenated alkanes) is 1. The summed E-state index contributed by atoms with van der Waals surface area (Å²) in [4.78, 5) is 50.0. The second-order valence-electron chi connectivity index (χ2n) is 8.16. The summed E-state index contributed by atoms with van der Waals surface area (Å²) in [5.41, 5.74) is 6.36. The van der Waals surface area contributed by atoms with Crippen molar-refractivity contribution < 1.29 is 28.7 Å². The van der Waals surface area contributed by atoms with Crippen LogP contribution in [0.25, 0.3) is 0 Å². The molecule has 0 aliphatic heterocycles. The number of hydrogen-bond donors (Lipinski definition) is 4. The molecule has 3 amide bonds. The van der Waals surface area contributed by atoms with Gasteiger partial charge in [-0.05, 0) is 49.9 Å². The van der Waals surface area contributed by atoms with E-state index in [0.29, 0.717) is 38.2 Å². The van der Waals surface area contributed by atoms with Crippen molar-refractivity contribution in [3.8, 4) is 5.75 Å². The fourth-order valence-corrected chi connectivity index (χ4v) is 3.40. The van der Waals surface area contributed by atoms with Crippen LogP contribution in [0.5, 0.6) is 5.75 Å². The van der Waals surface area contributed by atoms with Crippen LogP contribution in [0.3, 0.4) is 0 Å². The van der Waals surface area contributed by atoms with E-state index < -0.39 is 35.9 Å². The van der Waals surface area contributed by atoms with Crippen LogP contribution in [0.4, 0.5) is 0 Å². The molecule has 0 saturated heterocycles. The Hall–Kier alpha value is -3.66. The molecule has 198 valence electrons. The highest BCUT2D eigenvalue weighted by Gasteiger charge is 2.29. The van der Waals surface area contributed by atoms with Gasteiger partial charge >= 0.3 is 5.97 Å². The average molecular weight is 503 g/mol. The Labute approximate surface area is 212 Å². The minimum absolute atomic E-state index is 0.170. The van der Waals surface area contributed by atoms with Gasteiger partial charge < -0.3 is 31.2 Å². The molecule has 0 saturated carbocycles. The summed E-state index contributed by atoms with van der Waals surface area (Å²) in [5.74, 6) is -1.42. The summed E-state index contributed by atoms with van der Waals surface area (Å²) in [5, 5.41) is 7.98. The fraction of sp³-hybridized carbons (Fsp3) is 0.462. The van der Waals surface area contributed by atoms with Gasteiger partial charge in [0, 0.05) is 13.3 Å². The van der Waals surface area contributed by atoms with E-state index in [1.54, 1.807) is 30.3 Å². The van der Waals surface area contributed by atoms with Crippen LogP contribution in [0.1, 0.15) is 38.2 Å². The van der Waals surface area contributed by atoms with E-state index in [0.717, 1.165) is 5.56 Å². The summed E-state index contributed by atoms with van der Waals surface area (Å²) >= 11 is 0. The largest absolute Gasteiger partial charge is 0.490 e. The Morgan fingerprint density at radius 3 is 2.14 bits per heavy atom. The quantitative estimate of drug-likeness (QED) is 0.142. The lowest BCUT2D eigenvalue weighted by Gasteiger charge is -2.24. The smallest absolute Gasteiger partial charge is 0.328 e. The van der Waals surface area contributed by atoms with Crippen LogP contribution in [-0.2, 0) is 30.3 Å². The van der Waals surface area contributed by atoms with Crippen molar-refractivity contribution in [2.24, 2.45) is 5.73 Å². The molecule has 10 nitrogen and oxygen atoms in total. The maximum atomic E-state index is 13.2. The van der Waals surface area contributed by atoms with Crippen molar-refractivity contribution in [2.45, 2.75) is 57.2 Å². The van der Waals surface area contributed by atoms with E-state index in [4.69, 9.17) is 15.2 Å². The molecule has 1 aromatic carbocycles. The third-order valence-corrected chi connectivity index (χ3v) is 5.21. The molecule has 1 rings (SSSR count). The third-order valence-electron chi connectivity index (χ3n) is 5.21. The molecule has 3 atom stereocenters. The standard InChI is InChI=1S/C26H38N4O6/c1-5-9-22(26(34)35-4)30-24(32)21(10-7-8-15-27)29-25(33)23(28-18(3)31)17-19-11-13-20(14-12-19)36-16-6-2/h5-6,11-14,21-23H,1-2,7-10,15-17,27H2,3-4H3,(H,28,31)(H,29,33)(H,30,32)/t21-,22+,23+/m1/s1. The number of carbonyl (C=O) groups excluding carboxylic acids is 4. The lowest BCUT2D eigenvalue weighted by molar-refractivity contribution is -0.145. The summed E-state index contributed by atoms with van der Waals surface area (Å²) in [7, 11) is 1.22. The third kappa shape index (κ3) is 11.2. The van der Waals surface area contributed by atoms with E-state index in [1.807, 2.05) is 0 Å². The highest BCUT2D eigenvalue weighted by atomic mass is 16.5. The van der Waals surface area contributed by atoms with Crippen molar-refractivity contribution in [3.05, 3.63) is 55.1 Å². The Morgan fingerprint density at radius 2 is 1.58 bits per heavy atom. The van der Waals surface area contributed by atoms with E-state index in [-0.39, 0.29) is 18.7 Å². The number of methoxy groups -OCH3 is 1. The zero-order valence-corrected chi connectivity index (χ0v) is 21.1. The second-order valence-corrected chi connectivity index (χ2v) is 8.16. The first-order chi connectivity index (χ1) is 17.2. The van der Waals surface area contributed by atoms with E-state index in [2.05, 4.69) is 29.1 Å². The van der Waals surface area contributed by atoms with Crippen LogP contribution in [-0.4, -0.2) is 62.1 Å². The average Bonchev–Trinajstić information content (AvgIpc) is 2.86. The van der Waals surface area contributed by atoms with E-state index in [1.165, 1.54) is 20.1 Å². The van der Waals surface area contributed by atoms with Crippen LogP contribution in [0.2, 0.25) is 0 Å². The molecule has 0 aliphatic carbocycles. The van der Waals surface area contributed by atoms with Crippen molar-refractivity contribution in [2.75, 3.05) is 20.3 Å². The Kier molecular flexibility index (Phi) is 14.2. The lowest BCUT2D eigenvalue weighted by Crippen LogP contribution is -2.56. The molecule has 0 heterocycles. The first-order valence-electron chi connectivity index (χ1n) is 11.8. The second kappa shape index (κ2) is 16.9. The Balaban J connectivity index is 3.01. The normalized spacial score (nSPS) is 12.9. The molecule has 36 heavy (non-hydrogen) atoms. The van der Waals surface area contributed by atoms with Gasteiger partial charge in [-0.15, -0.1) is 6.58 Å². The minimum atomic E-state index is -0.938. The zero-order chi connectivity index (χ0) is 26.9. The number of benzene rings is 1. The van der Waals surface area contributed by atoms with Gasteiger partial charge in [0.2, 0.25) is 17.7 Å². The molecule has 1 aromatic rings. The highest BCUT2D eigenvalue weighted by molar-refractivity contribution is 5.93. The molecular formula is C26H38N4O6. The molecule has 0 fully saturated rings. The van der Waals surface area contributed by atoms with Gasteiger partial charge in [-0.1, -0.05) is 30.9 Å². The number of nitrogens with two attached hydrogens (primary N) is 1. The van der Waals surface area contributed by atoms with Gasteiger partial charge in [-0.2, -0.15) is 0 Å². The van der Waals surface area contributed by atoms with E-state index >= 15 is 0 Å². The van der Waals surface area contributed by atoms with Gasteiger partial charge in [0.05, 0.1) is 7.11 Å². The summed E-state index contributed by atoms with van der Waals surface area (Å²) in [6.45, 7) is 9.32. The first kappa shape index (κ1) is 30.4. The summed E-state index contributed by atoms with van der Waals surface area (Å²) < 4.78 is 10.2. The molecule has 5 N–H and O–H groups in total. The van der Waals surface area contributed by atoms with Crippen molar-refractivity contribution in [1.82, 2.24) is 16.0 Å². The molecule has 10 heteroatoms. The molecule has 0 spiro atoms. The summed E-state index contributed by atoms with van der Waals surface area (Å²) in [6, 6.07) is 4.32. The van der Waals surface area contributed by atoms with Crippen LogP contribution in [0, 0.1) is 0 Å². The number of hydrogen-bond acceptors (Lipinski definition) is 7. The number of rotatable bonds is 17. The maximum absolute atomic E-state index is 13.2. The monoisotopic (exact) mass is 502 g/mol. The number of nitrogens with one attached hydrogen (secondary N) is 3. The van der Waals surface area contributed by atoms with Gasteiger partial charge in [-0.25, -0.2) is 4.79 Å². The minimum Gasteiger partial charge on any atom is -0.490 e.